The number of nitrogens with one attached hydrogen (secondary N) is 1. The van der Waals surface area contributed by atoms with E-state index in [0.717, 1.165) is 30.1 Å². The highest BCUT2D eigenvalue weighted by molar-refractivity contribution is 7.99. The highest BCUT2D eigenvalue weighted by Crippen LogP contribution is 2.31. The van der Waals surface area contributed by atoms with Crippen LogP contribution in [0.3, 0.4) is 0 Å². The van der Waals surface area contributed by atoms with Gasteiger partial charge in [0.2, 0.25) is 0 Å². The Kier molecular flexibility index (Phi) is 7.62. The maximum absolute atomic E-state index is 13.0. The molecule has 0 radical (unpaired) electrons. The Labute approximate surface area is 170 Å². The second-order valence-electron chi connectivity index (χ2n) is 6.42. The molecule has 1 heterocycles. The highest BCUT2D eigenvalue weighted by Gasteiger charge is 2.19. The number of carbonyl (C=O) groups is 1. The number of thioether (sulfide) groups is 1. The van der Waals surface area contributed by atoms with Gasteiger partial charge >= 0.3 is 0 Å². The summed E-state index contributed by atoms with van der Waals surface area (Å²) in [5.74, 6) is 2.02. The van der Waals surface area contributed by atoms with Gasteiger partial charge in [0.15, 0.2) is 0 Å². The van der Waals surface area contributed by atoms with Crippen molar-refractivity contribution in [2.24, 2.45) is 0 Å². The maximum Gasteiger partial charge on any atom is 0.256 e. The van der Waals surface area contributed by atoms with Crippen molar-refractivity contribution in [2.45, 2.75) is 37.7 Å². The number of carbonyl (C=O) groups excluding carboxylic acids is 1. The molecule has 2 aromatic carbocycles. The topological polar surface area (TPSA) is 56.8 Å². The zero-order valence-electron chi connectivity index (χ0n) is 16.4. The van der Waals surface area contributed by atoms with Gasteiger partial charge in [-0.2, -0.15) is 0 Å². The quantitative estimate of drug-likeness (QED) is 0.599. The standard InChI is InChI=1S/C22H27NO4S/c1-3-25-16-11-12-20(26-4-2)19(14-16)23-22(24)18-9-5-6-10-21(18)28-15-17-8-7-13-27-17/h5-6,9-12,14,17H,3-4,7-8,13,15H2,1-2H3,(H,23,24). The largest absolute Gasteiger partial charge is 0.494 e. The normalized spacial score (nSPS) is 16.0. The molecule has 1 aliphatic heterocycles. The smallest absolute Gasteiger partial charge is 0.256 e. The summed E-state index contributed by atoms with van der Waals surface area (Å²) < 4.78 is 16.9. The van der Waals surface area contributed by atoms with E-state index < -0.39 is 0 Å². The lowest BCUT2D eigenvalue weighted by atomic mass is 10.2. The van der Waals surface area contributed by atoms with Crippen molar-refractivity contribution in [1.82, 2.24) is 0 Å². The van der Waals surface area contributed by atoms with Crippen molar-refractivity contribution in [1.29, 1.82) is 0 Å². The van der Waals surface area contributed by atoms with E-state index in [-0.39, 0.29) is 12.0 Å². The average Bonchev–Trinajstić information content (AvgIpc) is 3.22. The highest BCUT2D eigenvalue weighted by atomic mass is 32.2. The fraction of sp³-hybridized carbons (Fsp3) is 0.409. The van der Waals surface area contributed by atoms with Crippen LogP contribution >= 0.6 is 11.8 Å². The molecule has 6 heteroatoms. The van der Waals surface area contributed by atoms with Crippen molar-refractivity contribution in [2.75, 3.05) is 30.9 Å². The lowest BCUT2D eigenvalue weighted by Gasteiger charge is -2.15. The summed E-state index contributed by atoms with van der Waals surface area (Å²) in [6.07, 6.45) is 2.47. The van der Waals surface area contributed by atoms with Crippen LogP contribution in [0.1, 0.15) is 37.0 Å². The molecule has 3 rings (SSSR count). The third-order valence-corrected chi connectivity index (χ3v) is 5.60. The Morgan fingerprint density at radius 2 is 2.00 bits per heavy atom. The summed E-state index contributed by atoms with van der Waals surface area (Å²) in [6.45, 7) is 5.76. The van der Waals surface area contributed by atoms with Crippen LogP contribution in [0.25, 0.3) is 0 Å². The van der Waals surface area contributed by atoms with E-state index >= 15 is 0 Å². The van der Waals surface area contributed by atoms with Gasteiger partial charge < -0.3 is 19.5 Å². The molecule has 1 aliphatic rings. The van der Waals surface area contributed by atoms with E-state index in [2.05, 4.69) is 5.32 Å². The van der Waals surface area contributed by atoms with Crippen LogP contribution in [-0.4, -0.2) is 37.6 Å². The molecule has 0 aliphatic carbocycles. The molecule has 0 saturated carbocycles. The zero-order valence-corrected chi connectivity index (χ0v) is 17.2. The molecular weight excluding hydrogens is 374 g/mol. The minimum Gasteiger partial charge on any atom is -0.494 e. The van der Waals surface area contributed by atoms with Gasteiger partial charge in [-0.25, -0.2) is 0 Å². The molecule has 1 fully saturated rings. The Balaban J connectivity index is 1.76. The molecule has 2 aromatic rings. The van der Waals surface area contributed by atoms with Gasteiger partial charge in [-0.1, -0.05) is 12.1 Å². The van der Waals surface area contributed by atoms with Crippen LogP contribution in [0.4, 0.5) is 5.69 Å². The number of anilines is 1. The predicted octanol–water partition coefficient (Wildman–Crippen LogP) is 5.01. The van der Waals surface area contributed by atoms with Crippen molar-refractivity contribution in [3.63, 3.8) is 0 Å². The van der Waals surface area contributed by atoms with Crippen LogP contribution in [0, 0.1) is 0 Å². The molecule has 0 spiro atoms. The molecule has 1 N–H and O–H groups in total. The first-order valence-electron chi connectivity index (χ1n) is 9.75. The van der Waals surface area contributed by atoms with Crippen LogP contribution in [0.5, 0.6) is 11.5 Å². The van der Waals surface area contributed by atoms with E-state index in [1.807, 2.05) is 50.2 Å². The molecular formula is C22H27NO4S. The molecule has 28 heavy (non-hydrogen) atoms. The first-order chi connectivity index (χ1) is 13.7. The zero-order chi connectivity index (χ0) is 19.8. The maximum atomic E-state index is 13.0. The fourth-order valence-corrected chi connectivity index (χ4v) is 4.19. The minimum absolute atomic E-state index is 0.162. The number of benzene rings is 2. The second-order valence-corrected chi connectivity index (χ2v) is 7.48. The summed E-state index contributed by atoms with van der Waals surface area (Å²) in [5, 5.41) is 2.99. The fourth-order valence-electron chi connectivity index (χ4n) is 3.07. The van der Waals surface area contributed by atoms with Gasteiger partial charge in [0, 0.05) is 23.3 Å². The minimum atomic E-state index is -0.162. The average molecular weight is 402 g/mol. The van der Waals surface area contributed by atoms with Gasteiger partial charge in [-0.05, 0) is 51.0 Å². The van der Waals surface area contributed by atoms with Gasteiger partial charge in [0.1, 0.15) is 11.5 Å². The van der Waals surface area contributed by atoms with E-state index in [1.165, 1.54) is 0 Å². The first kappa shape index (κ1) is 20.6. The number of amides is 1. The molecule has 1 unspecified atom stereocenters. The monoisotopic (exact) mass is 401 g/mol. The van der Waals surface area contributed by atoms with Crippen LogP contribution < -0.4 is 14.8 Å². The summed E-state index contributed by atoms with van der Waals surface area (Å²) in [7, 11) is 0. The number of rotatable bonds is 9. The number of hydrogen-bond acceptors (Lipinski definition) is 5. The Morgan fingerprint density at radius 1 is 1.18 bits per heavy atom. The molecule has 150 valence electrons. The van der Waals surface area contributed by atoms with Crippen molar-refractivity contribution >= 4 is 23.4 Å². The third kappa shape index (κ3) is 5.42. The second kappa shape index (κ2) is 10.4. The van der Waals surface area contributed by atoms with E-state index in [9.17, 15) is 4.79 Å². The van der Waals surface area contributed by atoms with Gasteiger partial charge in [0.05, 0.1) is 30.6 Å². The molecule has 0 bridgehead atoms. The molecule has 1 atom stereocenters. The first-order valence-corrected chi connectivity index (χ1v) is 10.7. The van der Waals surface area contributed by atoms with Crippen LogP contribution in [0.2, 0.25) is 0 Å². The van der Waals surface area contributed by atoms with Gasteiger partial charge in [0.25, 0.3) is 5.91 Å². The predicted molar refractivity (Wildman–Crippen MR) is 113 cm³/mol. The Hall–Kier alpha value is -2.18. The lowest BCUT2D eigenvalue weighted by molar-refractivity contribution is 0.102. The number of ether oxygens (including phenoxy) is 3. The molecule has 1 saturated heterocycles. The van der Waals surface area contributed by atoms with Crippen LogP contribution in [0.15, 0.2) is 47.4 Å². The SMILES string of the molecule is CCOc1ccc(OCC)c(NC(=O)c2ccccc2SCC2CCCO2)c1. The van der Waals surface area contributed by atoms with Crippen molar-refractivity contribution < 1.29 is 19.0 Å². The van der Waals surface area contributed by atoms with Crippen LogP contribution in [-0.2, 0) is 4.74 Å². The van der Waals surface area contributed by atoms with Gasteiger partial charge in [-0.3, -0.25) is 4.79 Å². The summed E-state index contributed by atoms with van der Waals surface area (Å²) >= 11 is 1.67. The summed E-state index contributed by atoms with van der Waals surface area (Å²) in [4.78, 5) is 14.0. The van der Waals surface area contributed by atoms with E-state index in [0.29, 0.717) is 36.0 Å². The van der Waals surface area contributed by atoms with Crippen molar-refractivity contribution in [3.8, 4) is 11.5 Å². The van der Waals surface area contributed by atoms with Gasteiger partial charge in [-0.15, -0.1) is 11.8 Å². The van der Waals surface area contributed by atoms with E-state index in [1.54, 1.807) is 17.8 Å². The summed E-state index contributed by atoms with van der Waals surface area (Å²) in [5.41, 5.74) is 1.26. The molecule has 5 nitrogen and oxygen atoms in total. The molecule has 0 aromatic heterocycles. The number of hydrogen-bond donors (Lipinski definition) is 1. The Morgan fingerprint density at radius 3 is 2.75 bits per heavy atom. The third-order valence-electron chi connectivity index (χ3n) is 4.39. The lowest BCUT2D eigenvalue weighted by Crippen LogP contribution is -2.15. The van der Waals surface area contributed by atoms with Crippen molar-refractivity contribution in [3.05, 3.63) is 48.0 Å². The Bertz CT molecular complexity index is 790. The summed E-state index contributed by atoms with van der Waals surface area (Å²) in [6, 6.07) is 13.1. The van der Waals surface area contributed by atoms with E-state index in [4.69, 9.17) is 14.2 Å². The molecule has 1 amide bonds.